The van der Waals surface area contributed by atoms with Gasteiger partial charge in [0.1, 0.15) is 12.8 Å². The predicted molar refractivity (Wildman–Crippen MR) is 53.4 cm³/mol. The Morgan fingerprint density at radius 2 is 2.00 bits per heavy atom. The van der Waals surface area contributed by atoms with E-state index >= 15 is 0 Å². The van der Waals surface area contributed by atoms with Crippen molar-refractivity contribution in [3.63, 3.8) is 0 Å². The summed E-state index contributed by atoms with van der Waals surface area (Å²) in [7, 11) is 0. The average Bonchev–Trinajstić information content (AvgIpc) is 2.58. The summed E-state index contributed by atoms with van der Waals surface area (Å²) >= 11 is 0. The van der Waals surface area contributed by atoms with Crippen LogP contribution in [0.1, 0.15) is 10.4 Å². The number of hydrogen-bond acceptors (Lipinski definition) is 1. The van der Waals surface area contributed by atoms with Gasteiger partial charge >= 0.3 is 6.18 Å². The highest BCUT2D eigenvalue weighted by atomic mass is 19.4. The van der Waals surface area contributed by atoms with Crippen LogP contribution in [0.4, 0.5) is 13.2 Å². The van der Waals surface area contributed by atoms with E-state index in [1.807, 2.05) is 0 Å². The first-order valence-electron chi connectivity index (χ1n) is 4.60. The van der Waals surface area contributed by atoms with Gasteiger partial charge in [0.15, 0.2) is 0 Å². The molecule has 0 saturated carbocycles. The Balaban J connectivity index is 2.50. The number of aldehydes is 1. The van der Waals surface area contributed by atoms with Crippen molar-refractivity contribution >= 4 is 17.2 Å². The van der Waals surface area contributed by atoms with Crippen molar-refractivity contribution < 1.29 is 18.0 Å². The number of carbonyl (C=O) groups excluding carboxylic acids is 1. The fraction of sp³-hybridized carbons (Fsp3) is 0.182. The van der Waals surface area contributed by atoms with E-state index in [0.29, 0.717) is 22.8 Å². The predicted octanol–water partition coefficient (Wildman–Crippen LogP) is 3.02. The van der Waals surface area contributed by atoms with Gasteiger partial charge in [-0.3, -0.25) is 4.79 Å². The molecular weight excluding hydrogens is 219 g/mol. The third kappa shape index (κ3) is 2.08. The van der Waals surface area contributed by atoms with Crippen molar-refractivity contribution in [2.75, 3.05) is 0 Å². The van der Waals surface area contributed by atoms with Crippen molar-refractivity contribution in [3.05, 3.63) is 36.0 Å². The third-order valence-corrected chi connectivity index (χ3v) is 2.28. The van der Waals surface area contributed by atoms with Gasteiger partial charge in [0.2, 0.25) is 0 Å². The summed E-state index contributed by atoms with van der Waals surface area (Å²) < 4.78 is 37.8. The highest BCUT2D eigenvalue weighted by molar-refractivity contribution is 5.87. The molecule has 0 radical (unpaired) electrons. The van der Waals surface area contributed by atoms with Crippen LogP contribution < -0.4 is 0 Å². The first kappa shape index (κ1) is 10.7. The van der Waals surface area contributed by atoms with E-state index in [0.717, 1.165) is 4.57 Å². The maximum absolute atomic E-state index is 12.2. The molecule has 0 saturated heterocycles. The molecule has 0 amide bonds. The number of nitrogens with zero attached hydrogens (tertiary/aromatic N) is 1. The molecule has 0 atom stereocenters. The highest BCUT2D eigenvalue weighted by Gasteiger charge is 2.28. The summed E-state index contributed by atoms with van der Waals surface area (Å²) in [5, 5.41) is 0.690. The lowest BCUT2D eigenvalue weighted by molar-refractivity contribution is -0.139. The topological polar surface area (TPSA) is 22.0 Å². The number of halogens is 3. The minimum absolute atomic E-state index is 0.370. The van der Waals surface area contributed by atoms with Crippen LogP contribution in [0.3, 0.4) is 0 Å². The van der Waals surface area contributed by atoms with E-state index in [2.05, 4.69) is 0 Å². The summed E-state index contributed by atoms with van der Waals surface area (Å²) in [6.07, 6.45) is -2.28. The van der Waals surface area contributed by atoms with Crippen LogP contribution in [0.2, 0.25) is 0 Å². The largest absolute Gasteiger partial charge is 0.406 e. The maximum Gasteiger partial charge on any atom is 0.406 e. The molecule has 0 spiro atoms. The standard InChI is InChI=1S/C11H8F3NO/c12-11(13,14)7-15-4-3-9-2-1-8(6-16)5-10(9)15/h1-6H,7H2. The molecule has 0 bridgehead atoms. The van der Waals surface area contributed by atoms with Gasteiger partial charge in [0.25, 0.3) is 0 Å². The minimum atomic E-state index is -4.26. The smallest absolute Gasteiger partial charge is 0.338 e. The normalized spacial score (nSPS) is 11.9. The number of rotatable bonds is 2. The molecule has 0 aliphatic rings. The van der Waals surface area contributed by atoms with Gasteiger partial charge in [-0.15, -0.1) is 0 Å². The molecule has 0 aliphatic carbocycles. The van der Waals surface area contributed by atoms with Gasteiger partial charge in [-0.25, -0.2) is 0 Å². The van der Waals surface area contributed by atoms with E-state index in [-0.39, 0.29) is 0 Å². The maximum atomic E-state index is 12.2. The van der Waals surface area contributed by atoms with Crippen LogP contribution in [0.15, 0.2) is 30.5 Å². The molecular formula is C11H8F3NO. The lowest BCUT2D eigenvalue weighted by Gasteiger charge is -2.08. The number of hydrogen-bond donors (Lipinski definition) is 0. The van der Waals surface area contributed by atoms with Crippen LogP contribution >= 0.6 is 0 Å². The highest BCUT2D eigenvalue weighted by Crippen LogP contribution is 2.23. The van der Waals surface area contributed by atoms with Crippen LogP contribution in [0.5, 0.6) is 0 Å². The molecule has 0 N–H and O–H groups in total. The first-order chi connectivity index (χ1) is 7.49. The summed E-state index contributed by atoms with van der Waals surface area (Å²) in [4.78, 5) is 10.5. The Kier molecular flexibility index (Phi) is 2.46. The van der Waals surface area contributed by atoms with Crippen molar-refractivity contribution in [3.8, 4) is 0 Å². The SMILES string of the molecule is O=Cc1ccc2ccn(CC(F)(F)F)c2c1. The first-order valence-corrected chi connectivity index (χ1v) is 4.60. The molecule has 0 aliphatic heterocycles. The lowest BCUT2D eigenvalue weighted by Crippen LogP contribution is -2.16. The molecule has 1 aromatic carbocycles. The molecule has 5 heteroatoms. The summed E-state index contributed by atoms with van der Waals surface area (Å²) in [6, 6.07) is 6.25. The van der Waals surface area contributed by atoms with Gasteiger partial charge < -0.3 is 4.57 Å². The number of fused-ring (bicyclic) bond motifs is 1. The second-order valence-electron chi connectivity index (χ2n) is 3.49. The monoisotopic (exact) mass is 227 g/mol. The molecule has 16 heavy (non-hydrogen) atoms. The molecule has 0 unspecified atom stereocenters. The zero-order valence-corrected chi connectivity index (χ0v) is 8.16. The zero-order valence-electron chi connectivity index (χ0n) is 8.16. The Bertz CT molecular complexity index is 527. The van der Waals surface area contributed by atoms with Gasteiger partial charge in [0.05, 0.1) is 0 Å². The van der Waals surface area contributed by atoms with E-state index in [1.165, 1.54) is 12.3 Å². The molecule has 2 nitrogen and oxygen atoms in total. The van der Waals surface area contributed by atoms with Crippen molar-refractivity contribution in [2.24, 2.45) is 0 Å². The van der Waals surface area contributed by atoms with Crippen LogP contribution in [-0.4, -0.2) is 17.0 Å². The molecule has 84 valence electrons. The van der Waals surface area contributed by atoms with Gasteiger partial charge in [-0.1, -0.05) is 12.1 Å². The van der Waals surface area contributed by atoms with Crippen LogP contribution in [-0.2, 0) is 6.54 Å². The van der Waals surface area contributed by atoms with E-state index in [1.54, 1.807) is 18.2 Å². The Morgan fingerprint density at radius 3 is 2.62 bits per heavy atom. The summed E-state index contributed by atoms with van der Waals surface area (Å²) in [6.45, 7) is -1.04. The molecule has 0 fully saturated rings. The van der Waals surface area contributed by atoms with Crippen LogP contribution in [0.25, 0.3) is 10.9 Å². The van der Waals surface area contributed by atoms with Gasteiger partial charge in [-0.2, -0.15) is 13.2 Å². The third-order valence-electron chi connectivity index (χ3n) is 2.28. The fourth-order valence-corrected chi connectivity index (χ4v) is 1.61. The van der Waals surface area contributed by atoms with E-state index in [9.17, 15) is 18.0 Å². The summed E-state index contributed by atoms with van der Waals surface area (Å²) in [5.74, 6) is 0. The molecule has 1 heterocycles. The number of benzene rings is 1. The Morgan fingerprint density at radius 1 is 1.25 bits per heavy atom. The molecule has 1 aromatic heterocycles. The zero-order chi connectivity index (χ0) is 11.8. The van der Waals surface area contributed by atoms with Crippen molar-refractivity contribution in [2.45, 2.75) is 12.7 Å². The molecule has 2 rings (SSSR count). The van der Waals surface area contributed by atoms with Crippen molar-refractivity contribution in [1.82, 2.24) is 4.57 Å². The second kappa shape index (κ2) is 3.66. The summed E-state index contributed by atoms with van der Waals surface area (Å²) in [5.41, 5.74) is 0.788. The van der Waals surface area contributed by atoms with Crippen LogP contribution in [0, 0.1) is 0 Å². The minimum Gasteiger partial charge on any atom is -0.338 e. The van der Waals surface area contributed by atoms with E-state index < -0.39 is 12.7 Å². The average molecular weight is 227 g/mol. The Labute approximate surface area is 89.3 Å². The molecule has 2 aromatic rings. The lowest BCUT2D eigenvalue weighted by atomic mass is 10.2. The second-order valence-corrected chi connectivity index (χ2v) is 3.49. The fourth-order valence-electron chi connectivity index (χ4n) is 1.61. The van der Waals surface area contributed by atoms with Gasteiger partial charge in [-0.05, 0) is 17.5 Å². The van der Waals surface area contributed by atoms with Crippen molar-refractivity contribution in [1.29, 1.82) is 0 Å². The number of carbonyl (C=O) groups is 1. The number of aromatic nitrogens is 1. The number of alkyl halides is 3. The Hall–Kier alpha value is -1.78. The van der Waals surface area contributed by atoms with E-state index in [4.69, 9.17) is 0 Å². The quantitative estimate of drug-likeness (QED) is 0.723. The van der Waals surface area contributed by atoms with Gasteiger partial charge in [0, 0.05) is 17.3 Å².